The molecule has 0 fully saturated rings. The van der Waals surface area contributed by atoms with Gasteiger partial charge in [-0.1, -0.05) is 11.6 Å². The molecule has 15 heavy (non-hydrogen) atoms. The lowest BCUT2D eigenvalue weighted by Crippen LogP contribution is -2.20. The highest BCUT2D eigenvalue weighted by Gasteiger charge is 2.18. The van der Waals surface area contributed by atoms with Crippen LogP contribution in [0.2, 0.25) is 5.15 Å². The predicted octanol–water partition coefficient (Wildman–Crippen LogP) is 0.931. The summed E-state index contributed by atoms with van der Waals surface area (Å²) in [6.45, 7) is 0. The van der Waals surface area contributed by atoms with Crippen molar-refractivity contribution >= 4 is 24.2 Å². The third-order valence-corrected chi connectivity index (χ3v) is 2.55. The summed E-state index contributed by atoms with van der Waals surface area (Å²) in [7, 11) is 0. The Bertz CT molecular complexity index is 394. The van der Waals surface area contributed by atoms with Crippen molar-refractivity contribution in [2.45, 2.75) is 12.2 Å². The van der Waals surface area contributed by atoms with Crippen molar-refractivity contribution in [1.82, 2.24) is 4.98 Å². The van der Waals surface area contributed by atoms with Crippen LogP contribution in [0.5, 0.6) is 0 Å². The predicted molar refractivity (Wildman–Crippen MR) is 58.8 cm³/mol. The Morgan fingerprint density at radius 3 is 2.80 bits per heavy atom. The van der Waals surface area contributed by atoms with Gasteiger partial charge in [-0.05, 0) is 6.07 Å². The van der Waals surface area contributed by atoms with Crippen molar-refractivity contribution in [3.05, 3.63) is 28.5 Å². The molecule has 0 spiro atoms. The number of pyridine rings is 1. The van der Waals surface area contributed by atoms with E-state index in [1.54, 1.807) is 0 Å². The lowest BCUT2D eigenvalue weighted by Gasteiger charge is -2.15. The third-order valence-electron chi connectivity index (χ3n) is 1.87. The minimum atomic E-state index is -1.11. The molecule has 6 heteroatoms. The molecule has 1 heterocycles. The number of nitriles is 1. The molecule has 1 aromatic rings. The zero-order chi connectivity index (χ0) is 11.4. The van der Waals surface area contributed by atoms with E-state index in [1.165, 1.54) is 12.3 Å². The van der Waals surface area contributed by atoms with Gasteiger partial charge in [-0.2, -0.15) is 17.9 Å². The fraction of sp³-hybridized carbons (Fsp3) is 0.333. The molecule has 2 N–H and O–H groups in total. The maximum absolute atomic E-state index is 9.61. The molecule has 0 aliphatic carbocycles. The van der Waals surface area contributed by atoms with Crippen molar-refractivity contribution in [2.75, 3.05) is 5.75 Å². The molecule has 0 aromatic carbocycles. The molecule has 1 aromatic heterocycles. The number of rotatable bonds is 3. The van der Waals surface area contributed by atoms with Crippen LogP contribution in [0, 0.1) is 11.3 Å². The van der Waals surface area contributed by atoms with Gasteiger partial charge in [-0.25, -0.2) is 4.98 Å². The number of hydrogen-bond donors (Lipinski definition) is 3. The summed E-state index contributed by atoms with van der Waals surface area (Å²) in [5.41, 5.74) is 0.511. The minimum absolute atomic E-state index is 0.0776. The molecule has 2 unspecified atom stereocenters. The molecular formula is C9H9ClN2O2S. The summed E-state index contributed by atoms with van der Waals surface area (Å²) >= 11 is 9.47. The summed E-state index contributed by atoms with van der Waals surface area (Å²) in [6.07, 6.45) is -0.789. The lowest BCUT2D eigenvalue weighted by molar-refractivity contribution is 0.0335. The zero-order valence-electron chi connectivity index (χ0n) is 7.63. The van der Waals surface area contributed by atoms with Crippen LogP contribution in [0.4, 0.5) is 0 Å². The van der Waals surface area contributed by atoms with Crippen LogP contribution in [-0.2, 0) is 0 Å². The van der Waals surface area contributed by atoms with E-state index in [9.17, 15) is 10.2 Å². The Morgan fingerprint density at radius 2 is 2.27 bits per heavy atom. The Hall–Kier alpha value is -0.800. The molecule has 0 radical (unpaired) electrons. The number of aromatic nitrogens is 1. The van der Waals surface area contributed by atoms with Crippen LogP contribution >= 0.6 is 24.2 Å². The number of hydrogen-bond acceptors (Lipinski definition) is 5. The van der Waals surface area contributed by atoms with Crippen molar-refractivity contribution in [1.29, 1.82) is 5.26 Å². The maximum Gasteiger partial charge on any atom is 0.146 e. The van der Waals surface area contributed by atoms with Crippen LogP contribution in [0.25, 0.3) is 0 Å². The van der Waals surface area contributed by atoms with Crippen LogP contribution < -0.4 is 0 Å². The topological polar surface area (TPSA) is 77.1 Å². The first kappa shape index (κ1) is 12.3. The van der Waals surface area contributed by atoms with Gasteiger partial charge in [0.15, 0.2) is 0 Å². The SMILES string of the molecule is N#Cc1cc(C(O)C(O)CS)cnc1Cl. The monoisotopic (exact) mass is 244 g/mol. The number of nitrogens with zero attached hydrogens (tertiary/aromatic N) is 2. The van der Waals surface area contributed by atoms with Crippen molar-refractivity contribution in [3.8, 4) is 6.07 Å². The average molecular weight is 245 g/mol. The van der Waals surface area contributed by atoms with E-state index in [1.807, 2.05) is 6.07 Å². The largest absolute Gasteiger partial charge is 0.389 e. The number of halogens is 1. The van der Waals surface area contributed by atoms with Crippen LogP contribution in [-0.4, -0.2) is 27.1 Å². The van der Waals surface area contributed by atoms with E-state index in [2.05, 4.69) is 17.6 Å². The van der Waals surface area contributed by atoms with Gasteiger partial charge < -0.3 is 10.2 Å². The van der Waals surface area contributed by atoms with Crippen LogP contribution in [0.15, 0.2) is 12.3 Å². The standard InChI is InChI=1S/C9H9ClN2O2S/c10-9-5(2-11)1-6(3-12-9)8(14)7(13)4-15/h1,3,7-8,13-15H,4H2. The molecule has 2 atom stereocenters. The third kappa shape index (κ3) is 2.83. The molecule has 0 saturated heterocycles. The second kappa shape index (κ2) is 5.33. The Balaban J connectivity index is 3.02. The fourth-order valence-electron chi connectivity index (χ4n) is 1.03. The molecular weight excluding hydrogens is 236 g/mol. The Morgan fingerprint density at radius 1 is 1.60 bits per heavy atom. The molecule has 80 valence electrons. The summed E-state index contributed by atoms with van der Waals surface area (Å²) in [4.78, 5) is 3.73. The Labute approximate surface area is 97.6 Å². The molecule has 4 nitrogen and oxygen atoms in total. The van der Waals surface area contributed by atoms with E-state index in [0.29, 0.717) is 5.56 Å². The van der Waals surface area contributed by atoms with E-state index in [-0.39, 0.29) is 16.5 Å². The summed E-state index contributed by atoms with van der Waals surface area (Å²) in [5.74, 6) is 0.117. The summed E-state index contributed by atoms with van der Waals surface area (Å²) < 4.78 is 0. The Kier molecular flexibility index (Phi) is 4.36. The first-order valence-electron chi connectivity index (χ1n) is 4.12. The maximum atomic E-state index is 9.61. The van der Waals surface area contributed by atoms with Crippen molar-refractivity contribution in [3.63, 3.8) is 0 Å². The van der Waals surface area contributed by atoms with E-state index in [4.69, 9.17) is 16.9 Å². The van der Waals surface area contributed by atoms with Gasteiger partial charge in [0.05, 0.1) is 11.7 Å². The second-order valence-electron chi connectivity index (χ2n) is 2.91. The van der Waals surface area contributed by atoms with E-state index in [0.717, 1.165) is 0 Å². The number of aliphatic hydroxyl groups is 2. The normalized spacial score (nSPS) is 14.3. The first-order chi connectivity index (χ1) is 7.10. The van der Waals surface area contributed by atoms with Gasteiger partial charge >= 0.3 is 0 Å². The second-order valence-corrected chi connectivity index (χ2v) is 3.64. The molecule has 0 aliphatic rings. The fourth-order valence-corrected chi connectivity index (χ4v) is 1.37. The lowest BCUT2D eigenvalue weighted by atomic mass is 10.1. The molecule has 1 rings (SSSR count). The van der Waals surface area contributed by atoms with Gasteiger partial charge in [-0.3, -0.25) is 0 Å². The van der Waals surface area contributed by atoms with E-state index < -0.39 is 12.2 Å². The highest BCUT2D eigenvalue weighted by molar-refractivity contribution is 7.80. The number of aliphatic hydroxyl groups excluding tert-OH is 2. The highest BCUT2D eigenvalue weighted by Crippen LogP contribution is 2.21. The zero-order valence-corrected chi connectivity index (χ0v) is 9.28. The average Bonchev–Trinajstić information content (AvgIpc) is 2.27. The van der Waals surface area contributed by atoms with Gasteiger partial charge in [0.1, 0.15) is 17.3 Å². The van der Waals surface area contributed by atoms with Crippen molar-refractivity contribution in [2.24, 2.45) is 0 Å². The van der Waals surface area contributed by atoms with Gasteiger partial charge in [0, 0.05) is 17.5 Å². The molecule has 0 amide bonds. The van der Waals surface area contributed by atoms with Crippen molar-refractivity contribution < 1.29 is 10.2 Å². The van der Waals surface area contributed by atoms with Gasteiger partial charge in [0.25, 0.3) is 0 Å². The van der Waals surface area contributed by atoms with Gasteiger partial charge in [0.2, 0.25) is 0 Å². The smallest absolute Gasteiger partial charge is 0.146 e. The molecule has 0 bridgehead atoms. The number of thiol groups is 1. The minimum Gasteiger partial charge on any atom is -0.389 e. The van der Waals surface area contributed by atoms with E-state index >= 15 is 0 Å². The van der Waals surface area contributed by atoms with Crippen LogP contribution in [0.1, 0.15) is 17.2 Å². The molecule has 0 aliphatic heterocycles. The highest BCUT2D eigenvalue weighted by atomic mass is 35.5. The molecule has 0 saturated carbocycles. The van der Waals surface area contributed by atoms with Gasteiger partial charge in [-0.15, -0.1) is 0 Å². The summed E-state index contributed by atoms with van der Waals surface area (Å²) in [6, 6.07) is 3.24. The quantitative estimate of drug-likeness (QED) is 0.546. The first-order valence-corrected chi connectivity index (χ1v) is 5.13. The van der Waals surface area contributed by atoms with Crippen LogP contribution in [0.3, 0.4) is 0 Å². The summed E-state index contributed by atoms with van der Waals surface area (Å²) in [5, 5.41) is 27.7.